The normalized spacial score (nSPS) is 24.2. The molecular formula is C18H16Br2N2O3. The van der Waals surface area contributed by atoms with Gasteiger partial charge in [-0.2, -0.15) is 0 Å². The lowest BCUT2D eigenvalue weighted by Gasteiger charge is -2.50. The third kappa shape index (κ3) is 2.69. The van der Waals surface area contributed by atoms with E-state index in [1.165, 1.54) is 0 Å². The molecule has 0 aliphatic carbocycles. The van der Waals surface area contributed by atoms with Gasteiger partial charge < -0.3 is 14.8 Å². The molecule has 0 saturated carbocycles. The molecule has 0 unspecified atom stereocenters. The van der Waals surface area contributed by atoms with E-state index >= 15 is 0 Å². The summed E-state index contributed by atoms with van der Waals surface area (Å²) < 4.78 is 13.7. The highest BCUT2D eigenvalue weighted by atomic mass is 79.9. The topological polar surface area (TPSA) is 50.8 Å². The number of ether oxygens (including phenoxy) is 2. The lowest BCUT2D eigenvalue weighted by molar-refractivity contribution is 0.0349. The second-order valence-corrected chi connectivity index (χ2v) is 8.15. The van der Waals surface area contributed by atoms with Crippen molar-refractivity contribution >= 4 is 43.6 Å². The monoisotopic (exact) mass is 466 g/mol. The van der Waals surface area contributed by atoms with Crippen LogP contribution in [0.15, 0.2) is 45.3 Å². The number of benzene rings is 2. The second kappa shape index (κ2) is 5.92. The molecule has 4 rings (SSSR count). The Morgan fingerprint density at radius 3 is 2.64 bits per heavy atom. The van der Waals surface area contributed by atoms with Crippen LogP contribution in [0.2, 0.25) is 0 Å². The maximum atomic E-state index is 12.8. The first-order valence-electron chi connectivity index (χ1n) is 7.84. The molecule has 2 atom stereocenters. The van der Waals surface area contributed by atoms with E-state index in [1.807, 2.05) is 43.3 Å². The molecular weight excluding hydrogens is 452 g/mol. The molecule has 2 bridgehead atoms. The molecule has 2 aliphatic heterocycles. The van der Waals surface area contributed by atoms with Crippen molar-refractivity contribution in [1.82, 2.24) is 5.32 Å². The third-order valence-corrected chi connectivity index (χ3v) is 5.59. The smallest absolute Gasteiger partial charge is 0.325 e. The number of carbonyl (C=O) groups is 1. The van der Waals surface area contributed by atoms with E-state index in [0.717, 1.165) is 20.2 Å². The number of nitrogens with zero attached hydrogens (tertiary/aromatic N) is 1. The number of hydrogen-bond acceptors (Lipinski definition) is 3. The molecule has 0 radical (unpaired) electrons. The van der Waals surface area contributed by atoms with Gasteiger partial charge >= 0.3 is 6.03 Å². The molecule has 7 heteroatoms. The van der Waals surface area contributed by atoms with Gasteiger partial charge in [0.25, 0.3) is 0 Å². The van der Waals surface area contributed by atoms with Crippen molar-refractivity contribution < 1.29 is 14.3 Å². The highest BCUT2D eigenvalue weighted by molar-refractivity contribution is 9.10. The Kier molecular flexibility index (Phi) is 3.96. The standard InChI is InChI=1S/C18H16Br2N2O3/c1-18-9-14(13-7-11(20)8-15(24-2)16(13)25-18)21-17(23)22(18)12-5-3-10(19)4-6-12/h3-8,14H,9H2,1-2H3,(H,21,23)/t14-,18+/m0/s1. The summed E-state index contributed by atoms with van der Waals surface area (Å²) in [6, 6.07) is 11.1. The van der Waals surface area contributed by atoms with Crippen LogP contribution in [0.5, 0.6) is 11.5 Å². The maximum Gasteiger partial charge on any atom is 0.325 e. The van der Waals surface area contributed by atoms with Crippen LogP contribution in [0, 0.1) is 0 Å². The van der Waals surface area contributed by atoms with Gasteiger partial charge in [0.05, 0.1) is 13.2 Å². The van der Waals surface area contributed by atoms with Gasteiger partial charge in [-0.3, -0.25) is 4.90 Å². The quantitative estimate of drug-likeness (QED) is 0.676. The molecule has 0 aromatic heterocycles. The Morgan fingerprint density at radius 1 is 1.24 bits per heavy atom. The van der Waals surface area contributed by atoms with Gasteiger partial charge in [-0.05, 0) is 43.3 Å². The van der Waals surface area contributed by atoms with Crippen molar-refractivity contribution in [2.24, 2.45) is 0 Å². The Morgan fingerprint density at radius 2 is 1.96 bits per heavy atom. The SMILES string of the molecule is COc1cc(Br)cc2c1O[C@]1(C)C[C@@H]2NC(=O)N1c1ccc(Br)cc1. The predicted molar refractivity (Wildman–Crippen MR) is 102 cm³/mol. The summed E-state index contributed by atoms with van der Waals surface area (Å²) >= 11 is 6.92. The van der Waals surface area contributed by atoms with Gasteiger partial charge in [0, 0.05) is 26.6 Å². The van der Waals surface area contributed by atoms with E-state index in [-0.39, 0.29) is 12.1 Å². The Balaban J connectivity index is 1.82. The van der Waals surface area contributed by atoms with Gasteiger partial charge in [-0.1, -0.05) is 31.9 Å². The summed E-state index contributed by atoms with van der Waals surface area (Å²) in [5, 5.41) is 3.09. The van der Waals surface area contributed by atoms with Crippen molar-refractivity contribution in [3.8, 4) is 11.5 Å². The van der Waals surface area contributed by atoms with Crippen LogP contribution in [0.1, 0.15) is 24.9 Å². The maximum absolute atomic E-state index is 12.8. The Labute approximate surface area is 162 Å². The molecule has 2 heterocycles. The minimum Gasteiger partial charge on any atom is -0.493 e. The number of methoxy groups -OCH3 is 1. The highest BCUT2D eigenvalue weighted by Crippen LogP contribution is 2.50. The Bertz CT molecular complexity index is 856. The van der Waals surface area contributed by atoms with Crippen LogP contribution in [-0.2, 0) is 0 Å². The molecule has 1 N–H and O–H groups in total. The zero-order chi connectivity index (χ0) is 17.8. The summed E-state index contributed by atoms with van der Waals surface area (Å²) in [7, 11) is 1.61. The van der Waals surface area contributed by atoms with Crippen molar-refractivity contribution in [3.05, 3.63) is 50.9 Å². The minimum atomic E-state index is -0.797. The molecule has 1 saturated heterocycles. The summed E-state index contributed by atoms with van der Waals surface area (Å²) in [6.45, 7) is 1.94. The van der Waals surface area contributed by atoms with E-state index in [9.17, 15) is 4.79 Å². The number of nitrogens with one attached hydrogen (secondary N) is 1. The fourth-order valence-corrected chi connectivity index (χ4v) is 4.25. The largest absolute Gasteiger partial charge is 0.493 e. The molecule has 1 fully saturated rings. The van der Waals surface area contributed by atoms with Gasteiger partial charge in [0.15, 0.2) is 17.2 Å². The van der Waals surface area contributed by atoms with Gasteiger partial charge in [-0.25, -0.2) is 4.79 Å². The highest BCUT2D eigenvalue weighted by Gasteiger charge is 2.50. The molecule has 2 aromatic rings. The third-order valence-electron chi connectivity index (χ3n) is 4.61. The summed E-state index contributed by atoms with van der Waals surface area (Å²) in [5.41, 5.74) is 0.906. The molecule has 0 spiro atoms. The Hall–Kier alpha value is -1.73. The first kappa shape index (κ1) is 16.7. The fourth-order valence-electron chi connectivity index (χ4n) is 3.53. The van der Waals surface area contributed by atoms with Crippen LogP contribution in [0.25, 0.3) is 0 Å². The van der Waals surface area contributed by atoms with Crippen LogP contribution >= 0.6 is 31.9 Å². The first-order valence-corrected chi connectivity index (χ1v) is 9.42. The lowest BCUT2D eigenvalue weighted by Crippen LogP contribution is -2.65. The molecule has 5 nitrogen and oxygen atoms in total. The molecule has 25 heavy (non-hydrogen) atoms. The number of carbonyl (C=O) groups excluding carboxylic acids is 1. The molecule has 130 valence electrons. The number of anilines is 1. The van der Waals surface area contributed by atoms with Crippen molar-refractivity contribution in [1.29, 1.82) is 0 Å². The van der Waals surface area contributed by atoms with Gasteiger partial charge in [0.1, 0.15) is 0 Å². The summed E-state index contributed by atoms with van der Waals surface area (Å²) in [4.78, 5) is 14.5. The number of amides is 2. The van der Waals surface area contributed by atoms with E-state index in [4.69, 9.17) is 9.47 Å². The summed E-state index contributed by atoms with van der Waals surface area (Å²) in [5.74, 6) is 1.32. The van der Waals surface area contributed by atoms with Crippen molar-refractivity contribution in [2.45, 2.75) is 25.1 Å². The number of urea groups is 1. The zero-order valence-corrected chi connectivity index (χ0v) is 16.8. The van der Waals surface area contributed by atoms with Crippen LogP contribution < -0.4 is 19.7 Å². The average molecular weight is 468 g/mol. The van der Waals surface area contributed by atoms with Crippen LogP contribution in [0.3, 0.4) is 0 Å². The number of halogens is 2. The first-order chi connectivity index (χ1) is 11.9. The fraction of sp³-hybridized carbons (Fsp3) is 0.278. The summed E-state index contributed by atoms with van der Waals surface area (Å²) in [6.07, 6.45) is 0.640. The van der Waals surface area contributed by atoms with E-state index in [2.05, 4.69) is 37.2 Å². The van der Waals surface area contributed by atoms with E-state index < -0.39 is 5.72 Å². The van der Waals surface area contributed by atoms with Crippen LogP contribution in [0.4, 0.5) is 10.5 Å². The zero-order valence-electron chi connectivity index (χ0n) is 13.7. The van der Waals surface area contributed by atoms with Crippen LogP contribution in [-0.4, -0.2) is 18.9 Å². The average Bonchev–Trinajstić information content (AvgIpc) is 2.56. The predicted octanol–water partition coefficient (Wildman–Crippen LogP) is 4.99. The number of rotatable bonds is 2. The lowest BCUT2D eigenvalue weighted by atomic mass is 9.90. The van der Waals surface area contributed by atoms with Gasteiger partial charge in [0.2, 0.25) is 0 Å². The van der Waals surface area contributed by atoms with E-state index in [1.54, 1.807) is 12.0 Å². The second-order valence-electron chi connectivity index (χ2n) is 6.32. The van der Waals surface area contributed by atoms with Crippen molar-refractivity contribution in [2.75, 3.05) is 12.0 Å². The molecule has 2 aromatic carbocycles. The van der Waals surface area contributed by atoms with E-state index in [0.29, 0.717) is 17.9 Å². The van der Waals surface area contributed by atoms with Gasteiger partial charge in [-0.15, -0.1) is 0 Å². The molecule has 2 aliphatic rings. The minimum absolute atomic E-state index is 0.126. The van der Waals surface area contributed by atoms with Crippen molar-refractivity contribution in [3.63, 3.8) is 0 Å². The molecule has 2 amide bonds. The number of hydrogen-bond donors (Lipinski definition) is 1. The number of fused-ring (bicyclic) bond motifs is 4.